The van der Waals surface area contributed by atoms with E-state index < -0.39 is 21.3 Å². The Balaban J connectivity index is 0.000000589. The van der Waals surface area contributed by atoms with Crippen molar-refractivity contribution in [3.05, 3.63) is 108 Å². The first-order valence-corrected chi connectivity index (χ1v) is 26.3. The summed E-state index contributed by atoms with van der Waals surface area (Å²) in [5.74, 6) is 5.03. The monoisotopic (exact) mass is 893 g/mol. The SMILES string of the molecule is CC(=O)/C=C(/C)O.Cc1cc([Si](C)(C)C)ccc1-c1ccc2[c](c1)[Ge]([CH3])([CH3])[c]1c-2ccnc1-c1[c-]c2ccccc2c(C(C)(C)C)c1.[Ir]. The normalized spacial score (nSPS) is 13.6. The number of hydrogen-bond donors (Lipinski definition) is 1. The fourth-order valence-electron chi connectivity index (χ4n) is 6.85. The maximum atomic E-state index is 10.0. The van der Waals surface area contributed by atoms with Gasteiger partial charge in [-0.1, -0.05) is 0 Å². The minimum absolute atomic E-state index is 0. The smallest absolute Gasteiger partial charge is 0 e. The minimum atomic E-state index is -2.69. The summed E-state index contributed by atoms with van der Waals surface area (Å²) in [6.07, 6.45) is 3.18. The van der Waals surface area contributed by atoms with E-state index in [0.717, 1.165) is 11.3 Å². The first-order chi connectivity index (χ1) is 21.9. The Bertz CT molecular complexity index is 2050. The first-order valence-electron chi connectivity index (χ1n) is 16.5. The van der Waals surface area contributed by atoms with Gasteiger partial charge in [-0.05, 0) is 13.8 Å². The van der Waals surface area contributed by atoms with Crippen molar-refractivity contribution < 1.29 is 30.0 Å². The van der Waals surface area contributed by atoms with E-state index in [2.05, 4.69) is 138 Å². The first kappa shape index (κ1) is 37.7. The minimum Gasteiger partial charge on any atom is 0 e. The fraction of sp³-hybridized carbons (Fsp3) is 0.286. The number of aromatic nitrogens is 1. The van der Waals surface area contributed by atoms with Crippen molar-refractivity contribution in [2.45, 2.75) is 78.1 Å². The van der Waals surface area contributed by atoms with Gasteiger partial charge in [-0.3, -0.25) is 4.79 Å². The predicted octanol–water partition coefficient (Wildman–Crippen LogP) is 9.36. The van der Waals surface area contributed by atoms with Crippen molar-refractivity contribution in [2.24, 2.45) is 0 Å². The molecule has 6 heteroatoms. The van der Waals surface area contributed by atoms with Crippen molar-refractivity contribution in [1.29, 1.82) is 0 Å². The second-order valence-corrected chi connectivity index (χ2v) is 29.6. The Morgan fingerprint density at radius 2 is 1.56 bits per heavy atom. The van der Waals surface area contributed by atoms with Crippen molar-refractivity contribution in [3.8, 4) is 33.5 Å². The summed E-state index contributed by atoms with van der Waals surface area (Å²) in [4.78, 5) is 15.1. The molecule has 48 heavy (non-hydrogen) atoms. The van der Waals surface area contributed by atoms with Crippen molar-refractivity contribution in [2.75, 3.05) is 0 Å². The van der Waals surface area contributed by atoms with Crippen molar-refractivity contribution in [1.82, 2.24) is 4.98 Å². The van der Waals surface area contributed by atoms with Gasteiger partial charge in [-0.15, -0.1) is 0 Å². The number of carbonyl (C=O) groups is 1. The number of aliphatic hydroxyl groups excluding tert-OH is 1. The second-order valence-electron chi connectivity index (χ2n) is 15.5. The van der Waals surface area contributed by atoms with E-state index in [1.165, 1.54) is 73.7 Å². The molecule has 6 rings (SSSR count). The van der Waals surface area contributed by atoms with Crippen LogP contribution in [0.5, 0.6) is 0 Å². The van der Waals surface area contributed by atoms with Gasteiger partial charge in [-0.25, -0.2) is 0 Å². The number of ketones is 1. The van der Waals surface area contributed by atoms with Crippen LogP contribution in [0.2, 0.25) is 31.2 Å². The predicted molar refractivity (Wildman–Crippen MR) is 207 cm³/mol. The van der Waals surface area contributed by atoms with Gasteiger partial charge < -0.3 is 5.11 Å². The molecule has 0 atom stereocenters. The topological polar surface area (TPSA) is 50.2 Å². The van der Waals surface area contributed by atoms with Crippen LogP contribution in [-0.2, 0) is 30.3 Å². The molecule has 1 N–H and O–H groups in total. The number of allylic oxidation sites excluding steroid dienone is 2. The molecule has 1 aliphatic heterocycles. The Morgan fingerprint density at radius 3 is 2.15 bits per heavy atom. The molecule has 0 fully saturated rings. The summed E-state index contributed by atoms with van der Waals surface area (Å²) >= 11 is -2.69. The number of carbonyl (C=O) groups excluding carboxylic acids is 1. The van der Waals surface area contributed by atoms with E-state index in [-0.39, 0.29) is 37.1 Å². The molecule has 0 aliphatic carbocycles. The van der Waals surface area contributed by atoms with E-state index in [1.54, 1.807) is 4.40 Å². The zero-order valence-corrected chi connectivity index (χ0v) is 35.7. The molecule has 0 bridgehead atoms. The summed E-state index contributed by atoms with van der Waals surface area (Å²) in [6.45, 7) is 19.3. The summed E-state index contributed by atoms with van der Waals surface area (Å²) in [5.41, 5.74) is 10.5. The number of fused-ring (bicyclic) bond motifs is 4. The summed E-state index contributed by atoms with van der Waals surface area (Å²) < 4.78 is 3.05. The molecule has 4 aromatic carbocycles. The van der Waals surface area contributed by atoms with Crippen LogP contribution in [-0.4, -0.2) is 37.2 Å². The molecule has 1 radical (unpaired) electrons. The zero-order valence-electron chi connectivity index (χ0n) is 30.2. The summed E-state index contributed by atoms with van der Waals surface area (Å²) in [5, 5.41) is 12.3. The third-order valence-electron chi connectivity index (χ3n) is 9.21. The van der Waals surface area contributed by atoms with E-state index in [1.807, 2.05) is 6.20 Å². The molecule has 0 amide bonds. The van der Waals surface area contributed by atoms with Crippen molar-refractivity contribution in [3.63, 3.8) is 0 Å². The maximum Gasteiger partial charge on any atom is 0 e. The van der Waals surface area contributed by atoms with Crippen molar-refractivity contribution >= 4 is 51.9 Å². The molecule has 1 aromatic heterocycles. The molecule has 5 aromatic rings. The van der Waals surface area contributed by atoms with Gasteiger partial charge in [0, 0.05) is 26.2 Å². The molecular weight excluding hydrogens is 843 g/mol. The number of rotatable bonds is 4. The Kier molecular flexibility index (Phi) is 11.0. The number of hydrogen-bond acceptors (Lipinski definition) is 3. The number of aliphatic hydroxyl groups is 1. The Labute approximate surface area is 304 Å². The third kappa shape index (κ3) is 7.55. The summed E-state index contributed by atoms with van der Waals surface area (Å²) in [7, 11) is -1.34. The molecule has 0 spiro atoms. The van der Waals surface area contributed by atoms with Crippen LogP contribution < -0.4 is 14.0 Å². The Morgan fingerprint density at radius 1 is 0.896 bits per heavy atom. The van der Waals surface area contributed by atoms with Gasteiger partial charge in [0.25, 0.3) is 0 Å². The van der Waals surface area contributed by atoms with E-state index in [0.29, 0.717) is 0 Å². The molecule has 0 saturated carbocycles. The average Bonchev–Trinajstić information content (AvgIpc) is 3.21. The van der Waals surface area contributed by atoms with E-state index in [9.17, 15) is 4.79 Å². The van der Waals surface area contributed by atoms with Crippen LogP contribution in [0.1, 0.15) is 45.7 Å². The van der Waals surface area contributed by atoms with E-state index in [4.69, 9.17) is 10.1 Å². The van der Waals surface area contributed by atoms with Crippen LogP contribution in [0, 0.1) is 13.0 Å². The van der Waals surface area contributed by atoms with Crippen LogP contribution in [0.3, 0.4) is 0 Å². The molecule has 3 nitrogen and oxygen atoms in total. The van der Waals surface area contributed by atoms with Crippen LogP contribution in [0.25, 0.3) is 44.3 Å². The van der Waals surface area contributed by atoms with Gasteiger partial charge in [0.2, 0.25) is 0 Å². The number of nitrogens with zero attached hydrogens (tertiary/aromatic N) is 1. The molecule has 1 aliphatic rings. The largest absolute Gasteiger partial charge is 0 e. The number of aryl methyl sites for hydroxylation is 1. The molecule has 251 valence electrons. The van der Waals surface area contributed by atoms with Gasteiger partial charge in [0.1, 0.15) is 0 Å². The molecular formula is C42H48GeIrNO2Si-. The fourth-order valence-corrected chi connectivity index (χ4v) is 15.1. The molecule has 2 heterocycles. The number of benzene rings is 4. The summed E-state index contributed by atoms with van der Waals surface area (Å²) in [6, 6.07) is 31.5. The molecule has 0 unspecified atom stereocenters. The van der Waals surface area contributed by atoms with Gasteiger partial charge in [0.15, 0.2) is 5.78 Å². The van der Waals surface area contributed by atoms with Crippen LogP contribution in [0.4, 0.5) is 0 Å². The third-order valence-corrected chi connectivity index (χ3v) is 18.6. The zero-order chi connectivity index (χ0) is 34.5. The van der Waals surface area contributed by atoms with Crippen LogP contribution >= 0.6 is 0 Å². The van der Waals surface area contributed by atoms with Gasteiger partial charge in [0.05, 0.1) is 5.76 Å². The second kappa shape index (κ2) is 14.0. The number of pyridine rings is 1. The van der Waals surface area contributed by atoms with E-state index >= 15 is 0 Å². The molecule has 0 saturated heterocycles. The van der Waals surface area contributed by atoms with Gasteiger partial charge >= 0.3 is 245 Å². The van der Waals surface area contributed by atoms with Gasteiger partial charge in [-0.2, -0.15) is 0 Å². The Hall–Kier alpha value is -3.09. The quantitative estimate of drug-likeness (QED) is 0.0848. The maximum absolute atomic E-state index is 10.0. The van der Waals surface area contributed by atoms with Crippen LogP contribution in [0.15, 0.2) is 90.8 Å². The standard InChI is InChI=1S/C37H40GeNSi.C5H8O2.Ir/c1-24-20-28(40(7,8)9)15-17-29(24)26-14-16-31-32-18-19-39-36(35(32)38(5,6)34(31)23-26)27-21-25-12-10-11-13-30(25)33(22-27)37(2,3)4;1-4(6)3-5(2)7;/h10-20,22-23H,1-9H3;3,6H,1-2H3;/q-1;;/b;4-3-;. The average molecular weight is 892 g/mol.